The van der Waals surface area contributed by atoms with Crippen LogP contribution in [0.3, 0.4) is 0 Å². The van der Waals surface area contributed by atoms with Crippen LogP contribution in [-0.2, 0) is 0 Å². The Morgan fingerprint density at radius 2 is 2.05 bits per heavy atom. The fourth-order valence-corrected chi connectivity index (χ4v) is 1.44. The molecule has 0 bridgehead atoms. The number of hydrogen-bond acceptors (Lipinski definition) is 5. The number of rotatable bonds is 3. The van der Waals surface area contributed by atoms with Crippen molar-refractivity contribution in [3.8, 4) is 11.5 Å². The third-order valence-corrected chi connectivity index (χ3v) is 2.30. The van der Waals surface area contributed by atoms with E-state index < -0.39 is 11.9 Å². The molecule has 0 fully saturated rings. The zero-order chi connectivity index (χ0) is 15.2. The maximum Gasteiger partial charge on any atom is 0.333 e. The number of pyridine rings is 1. The summed E-state index contributed by atoms with van der Waals surface area (Å²) in [5.41, 5.74) is 4.96. The van der Waals surface area contributed by atoms with Crippen LogP contribution in [0.15, 0.2) is 24.4 Å². The van der Waals surface area contributed by atoms with E-state index in [9.17, 15) is 9.59 Å². The van der Waals surface area contributed by atoms with Gasteiger partial charge in [0.05, 0.1) is 0 Å². The number of carbonyl (C=O) groups excluding carboxylic acids is 2. The van der Waals surface area contributed by atoms with Gasteiger partial charge in [-0.15, -0.1) is 0 Å². The van der Waals surface area contributed by atoms with Gasteiger partial charge in [0.15, 0.2) is 5.82 Å². The zero-order valence-corrected chi connectivity index (χ0v) is 11.5. The third-order valence-electron chi connectivity index (χ3n) is 2.30. The van der Waals surface area contributed by atoms with Crippen LogP contribution in [0.2, 0.25) is 0 Å². The van der Waals surface area contributed by atoms with Crippen molar-refractivity contribution in [3.63, 3.8) is 0 Å². The molecule has 21 heavy (non-hydrogen) atoms. The summed E-state index contributed by atoms with van der Waals surface area (Å²) in [6, 6.07) is 4.72. The third kappa shape index (κ3) is 4.00. The molecule has 0 aliphatic rings. The zero-order valence-electron chi connectivity index (χ0n) is 11.5. The minimum absolute atomic E-state index is 0.0273. The Morgan fingerprint density at radius 1 is 1.24 bits per heavy atom. The predicted molar refractivity (Wildman–Crippen MR) is 73.9 cm³/mol. The predicted octanol–water partition coefficient (Wildman–Crippen LogP) is 0.219. The lowest BCUT2D eigenvalue weighted by molar-refractivity contribution is 0.0926. The number of hydrazine groups is 1. The normalized spacial score (nSPS) is 10.2. The van der Waals surface area contributed by atoms with Crippen LogP contribution >= 0.6 is 0 Å². The number of nitrogens with zero attached hydrogens (tertiary/aromatic N) is 3. The Morgan fingerprint density at radius 3 is 2.71 bits per heavy atom. The van der Waals surface area contributed by atoms with Crippen LogP contribution in [-0.4, -0.2) is 38.1 Å². The molecule has 4 N–H and O–H groups in total. The van der Waals surface area contributed by atoms with E-state index in [0.717, 1.165) is 0 Å². The lowest BCUT2D eigenvalue weighted by Crippen LogP contribution is -2.48. The second-order valence-corrected chi connectivity index (χ2v) is 4.43. The monoisotopic (exact) mass is 289 g/mol. The molecule has 0 saturated heterocycles. The highest BCUT2D eigenvalue weighted by Gasteiger charge is 2.14. The number of aromatic nitrogens is 4. The van der Waals surface area contributed by atoms with Crippen LogP contribution in [0.25, 0.3) is 11.5 Å². The summed E-state index contributed by atoms with van der Waals surface area (Å²) in [7, 11) is 0. The SMILES string of the molecule is CC(C)NC(=O)NNC(=O)c1nc(-c2ccccn2)n[nH]1. The molecule has 0 saturated carbocycles. The standard InChI is InChI=1S/C12H15N7O2/c1-7(2)14-12(21)19-18-11(20)10-15-9(16-17-10)8-5-3-4-6-13-8/h3-7H,1-2H3,(H,18,20)(H2,14,19,21)(H,15,16,17). The van der Waals surface area contributed by atoms with Gasteiger partial charge in [-0.1, -0.05) is 6.07 Å². The lowest BCUT2D eigenvalue weighted by Gasteiger charge is -2.09. The molecule has 0 radical (unpaired) electrons. The molecule has 0 aromatic carbocycles. The molecule has 9 nitrogen and oxygen atoms in total. The van der Waals surface area contributed by atoms with E-state index in [1.165, 1.54) is 0 Å². The topological polar surface area (TPSA) is 125 Å². The van der Waals surface area contributed by atoms with Crippen LogP contribution in [0.5, 0.6) is 0 Å². The quantitative estimate of drug-likeness (QED) is 0.601. The average Bonchev–Trinajstić information content (AvgIpc) is 2.95. The summed E-state index contributed by atoms with van der Waals surface area (Å²) in [6.07, 6.45) is 1.60. The van der Waals surface area contributed by atoms with E-state index in [1.54, 1.807) is 38.2 Å². The maximum absolute atomic E-state index is 11.8. The highest BCUT2D eigenvalue weighted by Crippen LogP contribution is 2.09. The minimum Gasteiger partial charge on any atom is -0.335 e. The summed E-state index contributed by atoms with van der Waals surface area (Å²) in [6.45, 7) is 3.61. The first-order chi connectivity index (χ1) is 10.1. The Balaban J connectivity index is 1.95. The smallest absolute Gasteiger partial charge is 0.333 e. The van der Waals surface area contributed by atoms with E-state index in [0.29, 0.717) is 11.5 Å². The average molecular weight is 289 g/mol. The second-order valence-electron chi connectivity index (χ2n) is 4.43. The van der Waals surface area contributed by atoms with Gasteiger partial charge in [0.1, 0.15) is 5.69 Å². The molecular formula is C12H15N7O2. The van der Waals surface area contributed by atoms with Crippen molar-refractivity contribution >= 4 is 11.9 Å². The lowest BCUT2D eigenvalue weighted by atomic mass is 10.3. The van der Waals surface area contributed by atoms with Crippen LogP contribution in [0.4, 0.5) is 4.79 Å². The Labute approximate surface area is 120 Å². The number of H-pyrrole nitrogens is 1. The molecule has 9 heteroatoms. The Kier molecular flexibility index (Phi) is 4.44. The Hall–Kier alpha value is -2.97. The summed E-state index contributed by atoms with van der Waals surface area (Å²) >= 11 is 0. The van der Waals surface area contributed by atoms with Crippen LogP contribution < -0.4 is 16.2 Å². The Bertz CT molecular complexity index is 624. The summed E-state index contributed by atoms with van der Waals surface area (Å²) < 4.78 is 0. The fraction of sp³-hybridized carbons (Fsp3) is 0.250. The van der Waals surface area contributed by atoms with Gasteiger partial charge < -0.3 is 5.32 Å². The highest BCUT2D eigenvalue weighted by atomic mass is 16.2. The number of urea groups is 1. The first-order valence-corrected chi connectivity index (χ1v) is 6.27. The van der Waals surface area contributed by atoms with E-state index in [-0.39, 0.29) is 11.9 Å². The van der Waals surface area contributed by atoms with E-state index >= 15 is 0 Å². The van der Waals surface area contributed by atoms with Crippen molar-refractivity contribution in [1.82, 2.24) is 36.3 Å². The van der Waals surface area contributed by atoms with Crippen molar-refractivity contribution in [1.29, 1.82) is 0 Å². The largest absolute Gasteiger partial charge is 0.335 e. The summed E-state index contributed by atoms with van der Waals surface area (Å²) in [5, 5.41) is 8.94. The molecule has 0 spiro atoms. The van der Waals surface area contributed by atoms with E-state index in [4.69, 9.17) is 0 Å². The molecule has 2 aromatic rings. The van der Waals surface area contributed by atoms with Crippen LogP contribution in [0, 0.1) is 0 Å². The van der Waals surface area contributed by atoms with Gasteiger partial charge in [-0.05, 0) is 26.0 Å². The van der Waals surface area contributed by atoms with Crippen LogP contribution in [0.1, 0.15) is 24.5 Å². The van der Waals surface area contributed by atoms with Gasteiger partial charge in [-0.3, -0.25) is 20.3 Å². The maximum atomic E-state index is 11.8. The van der Waals surface area contributed by atoms with Gasteiger partial charge in [0.2, 0.25) is 5.82 Å². The molecular weight excluding hydrogens is 274 g/mol. The second kappa shape index (κ2) is 6.46. The number of hydrogen-bond donors (Lipinski definition) is 4. The molecule has 2 heterocycles. The molecule has 0 aliphatic carbocycles. The van der Waals surface area contributed by atoms with Crippen molar-refractivity contribution in [3.05, 3.63) is 30.2 Å². The molecule has 3 amide bonds. The first-order valence-electron chi connectivity index (χ1n) is 6.27. The molecule has 110 valence electrons. The van der Waals surface area contributed by atoms with Crippen molar-refractivity contribution in [2.45, 2.75) is 19.9 Å². The number of aromatic amines is 1. The van der Waals surface area contributed by atoms with Gasteiger partial charge >= 0.3 is 11.9 Å². The molecule has 0 aliphatic heterocycles. The fourth-order valence-electron chi connectivity index (χ4n) is 1.44. The van der Waals surface area contributed by atoms with E-state index in [1.807, 2.05) is 0 Å². The van der Waals surface area contributed by atoms with Gasteiger partial charge in [0, 0.05) is 12.2 Å². The van der Waals surface area contributed by atoms with Gasteiger partial charge in [-0.2, -0.15) is 5.10 Å². The summed E-state index contributed by atoms with van der Waals surface area (Å²) in [5.74, 6) is -0.337. The number of carbonyl (C=O) groups is 2. The van der Waals surface area contributed by atoms with Gasteiger partial charge in [0.25, 0.3) is 0 Å². The summed E-state index contributed by atoms with van der Waals surface area (Å²) in [4.78, 5) is 31.2. The number of nitrogens with one attached hydrogen (secondary N) is 4. The number of amides is 3. The minimum atomic E-state index is -0.608. The van der Waals surface area contributed by atoms with Crippen molar-refractivity contribution in [2.24, 2.45) is 0 Å². The van der Waals surface area contributed by atoms with Gasteiger partial charge in [-0.25, -0.2) is 15.2 Å². The molecule has 2 rings (SSSR count). The highest BCUT2D eigenvalue weighted by molar-refractivity contribution is 5.92. The molecule has 0 unspecified atom stereocenters. The van der Waals surface area contributed by atoms with Crippen molar-refractivity contribution < 1.29 is 9.59 Å². The molecule has 2 aromatic heterocycles. The van der Waals surface area contributed by atoms with E-state index in [2.05, 4.69) is 36.3 Å². The van der Waals surface area contributed by atoms with Crippen molar-refractivity contribution in [2.75, 3.05) is 0 Å². The molecule has 0 atom stereocenters. The first kappa shape index (κ1) is 14.4.